The zero-order valence-electron chi connectivity index (χ0n) is 19.1. The van der Waals surface area contributed by atoms with Gasteiger partial charge < -0.3 is 10.1 Å². The van der Waals surface area contributed by atoms with E-state index in [-0.39, 0.29) is 48.1 Å². The molecule has 1 N–H and O–H groups in total. The molecule has 2 aliphatic rings. The van der Waals surface area contributed by atoms with Crippen LogP contribution in [0.4, 0.5) is 8.78 Å². The molecule has 5 rings (SSSR count). The van der Waals surface area contributed by atoms with Gasteiger partial charge in [0.05, 0.1) is 18.6 Å². The van der Waals surface area contributed by atoms with Gasteiger partial charge in [-0.15, -0.1) is 0 Å². The molecule has 1 saturated heterocycles. The van der Waals surface area contributed by atoms with Crippen molar-refractivity contribution in [3.8, 4) is 11.1 Å². The normalized spacial score (nSPS) is 24.3. The molecule has 0 bridgehead atoms. The van der Waals surface area contributed by atoms with Crippen molar-refractivity contribution in [2.75, 3.05) is 0 Å². The number of nitrogens with one attached hydrogen (secondary N) is 1. The van der Waals surface area contributed by atoms with Gasteiger partial charge in [0, 0.05) is 17.5 Å². The Labute approximate surface area is 199 Å². The second-order valence-electron chi connectivity index (χ2n) is 9.43. The average molecular weight is 462 g/mol. The van der Waals surface area contributed by atoms with Gasteiger partial charge in [0.25, 0.3) is 0 Å². The number of hydrogen-bond acceptors (Lipinski definition) is 2. The minimum Gasteiger partial charge on any atom is -0.370 e. The lowest BCUT2D eigenvalue weighted by molar-refractivity contribution is -0.132. The second-order valence-corrected chi connectivity index (χ2v) is 9.43. The topological polar surface area (TPSA) is 38.3 Å². The van der Waals surface area contributed by atoms with E-state index in [1.165, 1.54) is 18.2 Å². The molecule has 34 heavy (non-hydrogen) atoms. The van der Waals surface area contributed by atoms with Crippen LogP contribution >= 0.6 is 0 Å². The largest absolute Gasteiger partial charge is 0.370 e. The number of hydrogen-bond donors (Lipinski definition) is 1. The van der Waals surface area contributed by atoms with Crippen LogP contribution in [0.3, 0.4) is 0 Å². The molecule has 176 valence electrons. The lowest BCUT2D eigenvalue weighted by Gasteiger charge is -2.45. The van der Waals surface area contributed by atoms with Crippen LogP contribution in [0.25, 0.3) is 11.1 Å². The van der Waals surface area contributed by atoms with Crippen molar-refractivity contribution < 1.29 is 18.3 Å². The van der Waals surface area contributed by atoms with E-state index in [9.17, 15) is 13.6 Å². The monoisotopic (exact) mass is 461 g/mol. The van der Waals surface area contributed by atoms with Gasteiger partial charge in [0.1, 0.15) is 11.6 Å². The molecule has 0 radical (unpaired) electrons. The number of carbonyl (C=O) groups is 1. The molecule has 1 aliphatic heterocycles. The number of benzene rings is 3. The lowest BCUT2D eigenvalue weighted by Crippen LogP contribution is -2.51. The first-order valence-electron chi connectivity index (χ1n) is 12.1. The summed E-state index contributed by atoms with van der Waals surface area (Å²) in [6.45, 7) is 0. The summed E-state index contributed by atoms with van der Waals surface area (Å²) < 4.78 is 34.1. The molecule has 3 aromatic rings. The minimum absolute atomic E-state index is 0.00844. The Hall–Kier alpha value is -3.05. The molecule has 3 nitrogen and oxygen atoms in total. The lowest BCUT2D eigenvalue weighted by atomic mass is 9.76. The zero-order chi connectivity index (χ0) is 23.5. The summed E-state index contributed by atoms with van der Waals surface area (Å²) in [5.74, 6) is -0.319. The molecular formula is C29H29F2NO2. The SMILES string of the molecule is O=C(Cc1ccc(F)cc1)N[C@H]1C[C@@H](c2cccc(-c3ccccc3F)c2)O[C@H]2CCCC[C@H]12. The van der Waals surface area contributed by atoms with E-state index in [2.05, 4.69) is 5.32 Å². The van der Waals surface area contributed by atoms with Crippen LogP contribution < -0.4 is 5.32 Å². The van der Waals surface area contributed by atoms with E-state index < -0.39 is 0 Å². The van der Waals surface area contributed by atoms with Gasteiger partial charge in [-0.25, -0.2) is 8.78 Å². The molecule has 2 fully saturated rings. The van der Waals surface area contributed by atoms with Gasteiger partial charge in [-0.3, -0.25) is 4.79 Å². The fraction of sp³-hybridized carbons (Fsp3) is 0.345. The fourth-order valence-corrected chi connectivity index (χ4v) is 5.45. The Kier molecular flexibility index (Phi) is 6.73. The Bertz CT molecular complexity index is 1150. The highest BCUT2D eigenvalue weighted by atomic mass is 19.1. The number of ether oxygens (including phenoxy) is 1. The van der Waals surface area contributed by atoms with Crippen LogP contribution in [0.5, 0.6) is 0 Å². The third kappa shape index (κ3) is 5.05. The molecular weight excluding hydrogens is 432 g/mol. The molecule has 3 aromatic carbocycles. The van der Waals surface area contributed by atoms with Gasteiger partial charge in [0.15, 0.2) is 0 Å². The molecule has 1 aliphatic carbocycles. The van der Waals surface area contributed by atoms with E-state index >= 15 is 0 Å². The minimum atomic E-state index is -0.306. The molecule has 4 atom stereocenters. The summed E-state index contributed by atoms with van der Waals surface area (Å²) in [4.78, 5) is 12.9. The zero-order valence-corrected chi connectivity index (χ0v) is 19.1. The Morgan fingerprint density at radius 1 is 0.941 bits per heavy atom. The average Bonchev–Trinajstić information content (AvgIpc) is 2.86. The van der Waals surface area contributed by atoms with E-state index in [1.54, 1.807) is 24.3 Å². The first kappa shape index (κ1) is 22.7. The van der Waals surface area contributed by atoms with Crippen molar-refractivity contribution in [3.05, 3.63) is 95.6 Å². The Morgan fingerprint density at radius 3 is 2.56 bits per heavy atom. The molecule has 0 unspecified atom stereocenters. The predicted molar refractivity (Wildman–Crippen MR) is 128 cm³/mol. The van der Waals surface area contributed by atoms with E-state index in [0.717, 1.165) is 42.4 Å². The highest BCUT2D eigenvalue weighted by Crippen LogP contribution is 2.42. The quantitative estimate of drug-likeness (QED) is 0.479. The standard InChI is InChI=1S/C29H29F2NO2/c30-22-14-12-19(13-15-22)16-29(33)32-26-18-28(34-27-11-4-2-9-24(26)27)21-7-5-6-20(17-21)23-8-1-3-10-25(23)31/h1,3,5-8,10,12-15,17,24,26-28H,2,4,9,11,16,18H2,(H,32,33)/t24-,26+,27+,28+/m1/s1. The van der Waals surface area contributed by atoms with E-state index in [1.807, 2.05) is 30.3 Å². The molecule has 0 aromatic heterocycles. The van der Waals surface area contributed by atoms with Crippen molar-refractivity contribution in [2.45, 2.75) is 56.8 Å². The van der Waals surface area contributed by atoms with Crippen molar-refractivity contribution >= 4 is 5.91 Å². The van der Waals surface area contributed by atoms with Crippen LogP contribution in [-0.2, 0) is 16.0 Å². The van der Waals surface area contributed by atoms with Crippen LogP contribution in [0.2, 0.25) is 0 Å². The number of rotatable bonds is 5. The van der Waals surface area contributed by atoms with Crippen molar-refractivity contribution in [2.24, 2.45) is 5.92 Å². The summed E-state index contributed by atoms with van der Waals surface area (Å²) in [5, 5.41) is 3.26. The maximum absolute atomic E-state index is 14.4. The molecule has 1 heterocycles. The van der Waals surface area contributed by atoms with Crippen molar-refractivity contribution in [3.63, 3.8) is 0 Å². The highest BCUT2D eigenvalue weighted by Gasteiger charge is 2.41. The number of amides is 1. The van der Waals surface area contributed by atoms with Gasteiger partial charge in [-0.1, -0.05) is 61.4 Å². The van der Waals surface area contributed by atoms with Gasteiger partial charge in [-0.2, -0.15) is 0 Å². The first-order chi connectivity index (χ1) is 16.6. The van der Waals surface area contributed by atoms with Crippen molar-refractivity contribution in [1.29, 1.82) is 0 Å². The van der Waals surface area contributed by atoms with Crippen LogP contribution in [-0.4, -0.2) is 18.1 Å². The molecule has 1 amide bonds. The van der Waals surface area contributed by atoms with Crippen molar-refractivity contribution in [1.82, 2.24) is 5.32 Å². The van der Waals surface area contributed by atoms with Gasteiger partial charge in [-0.05, 0) is 60.2 Å². The maximum Gasteiger partial charge on any atom is 0.224 e. The predicted octanol–water partition coefficient (Wildman–Crippen LogP) is 6.38. The Balaban J connectivity index is 1.35. The molecule has 0 spiro atoms. The Morgan fingerprint density at radius 2 is 1.74 bits per heavy atom. The smallest absolute Gasteiger partial charge is 0.224 e. The molecule has 1 saturated carbocycles. The summed E-state index contributed by atoms with van der Waals surface area (Å²) >= 11 is 0. The number of halogens is 2. The third-order valence-corrected chi connectivity index (χ3v) is 7.15. The van der Waals surface area contributed by atoms with Crippen LogP contribution in [0.15, 0.2) is 72.8 Å². The highest BCUT2D eigenvalue weighted by molar-refractivity contribution is 5.79. The second kappa shape index (κ2) is 10.1. The van der Waals surface area contributed by atoms with Crippen LogP contribution in [0.1, 0.15) is 49.3 Å². The number of fused-ring (bicyclic) bond motifs is 1. The third-order valence-electron chi connectivity index (χ3n) is 7.15. The first-order valence-corrected chi connectivity index (χ1v) is 12.1. The van der Waals surface area contributed by atoms with Gasteiger partial charge in [0.2, 0.25) is 5.91 Å². The summed E-state index contributed by atoms with van der Waals surface area (Å²) in [6, 6.07) is 20.7. The number of carbonyl (C=O) groups excluding carboxylic acids is 1. The van der Waals surface area contributed by atoms with Gasteiger partial charge >= 0.3 is 0 Å². The summed E-state index contributed by atoms with van der Waals surface area (Å²) in [6.07, 6.45) is 5.12. The summed E-state index contributed by atoms with van der Waals surface area (Å²) in [5.41, 5.74) is 3.18. The van der Waals surface area contributed by atoms with Crippen LogP contribution in [0, 0.1) is 17.6 Å². The summed E-state index contributed by atoms with van der Waals surface area (Å²) in [7, 11) is 0. The fourth-order valence-electron chi connectivity index (χ4n) is 5.45. The molecule has 5 heteroatoms. The van der Waals surface area contributed by atoms with E-state index in [0.29, 0.717) is 12.0 Å². The van der Waals surface area contributed by atoms with E-state index in [4.69, 9.17) is 4.74 Å². The maximum atomic E-state index is 14.4.